The molecule has 0 aliphatic rings. The molecular formula is C11H15N3O2. The van der Waals surface area contributed by atoms with Crippen molar-refractivity contribution in [3.8, 4) is 0 Å². The van der Waals surface area contributed by atoms with Crippen LogP contribution in [0.3, 0.4) is 0 Å². The van der Waals surface area contributed by atoms with Crippen LogP contribution in [0.25, 0.3) is 0 Å². The van der Waals surface area contributed by atoms with Crippen molar-refractivity contribution >= 4 is 0 Å². The summed E-state index contributed by atoms with van der Waals surface area (Å²) >= 11 is 0. The van der Waals surface area contributed by atoms with Gasteiger partial charge in [0.2, 0.25) is 0 Å². The SMILES string of the molecule is CC(C)c1cc(CC(C)c2cnon2)on1. The van der Waals surface area contributed by atoms with Gasteiger partial charge in [-0.2, -0.15) is 0 Å². The summed E-state index contributed by atoms with van der Waals surface area (Å²) in [6.07, 6.45) is 2.39. The van der Waals surface area contributed by atoms with Crippen molar-refractivity contribution in [1.29, 1.82) is 0 Å². The Morgan fingerprint density at radius 1 is 1.19 bits per heavy atom. The zero-order valence-corrected chi connectivity index (χ0v) is 9.67. The molecule has 5 nitrogen and oxygen atoms in total. The van der Waals surface area contributed by atoms with Gasteiger partial charge < -0.3 is 4.52 Å². The van der Waals surface area contributed by atoms with Crippen LogP contribution < -0.4 is 0 Å². The van der Waals surface area contributed by atoms with Crippen LogP contribution in [-0.4, -0.2) is 15.5 Å². The predicted octanol–water partition coefficient (Wildman–Crippen LogP) is 2.53. The molecule has 0 saturated heterocycles. The molecule has 0 N–H and O–H groups in total. The second-order valence-electron chi connectivity index (χ2n) is 4.31. The van der Waals surface area contributed by atoms with Gasteiger partial charge in [0, 0.05) is 18.4 Å². The Balaban J connectivity index is 2.03. The van der Waals surface area contributed by atoms with Gasteiger partial charge in [0.05, 0.1) is 11.9 Å². The normalized spacial score (nSPS) is 13.2. The summed E-state index contributed by atoms with van der Waals surface area (Å²) in [4.78, 5) is 0. The van der Waals surface area contributed by atoms with E-state index < -0.39 is 0 Å². The molecule has 2 aromatic heterocycles. The first kappa shape index (κ1) is 10.9. The van der Waals surface area contributed by atoms with Gasteiger partial charge in [0.1, 0.15) is 11.5 Å². The maximum atomic E-state index is 5.27. The molecule has 0 aliphatic heterocycles. The number of rotatable bonds is 4. The lowest BCUT2D eigenvalue weighted by atomic mass is 10.0. The molecule has 0 aromatic carbocycles. The molecule has 1 atom stereocenters. The largest absolute Gasteiger partial charge is 0.361 e. The maximum absolute atomic E-state index is 5.27. The third kappa shape index (κ3) is 2.29. The molecule has 0 spiro atoms. The van der Waals surface area contributed by atoms with E-state index in [-0.39, 0.29) is 5.92 Å². The molecule has 0 bridgehead atoms. The van der Waals surface area contributed by atoms with Crippen LogP contribution in [0.2, 0.25) is 0 Å². The molecule has 0 aliphatic carbocycles. The number of aromatic nitrogens is 3. The van der Waals surface area contributed by atoms with Crippen LogP contribution in [0.1, 0.15) is 49.8 Å². The highest BCUT2D eigenvalue weighted by Crippen LogP contribution is 2.20. The van der Waals surface area contributed by atoms with E-state index in [4.69, 9.17) is 4.52 Å². The van der Waals surface area contributed by atoms with E-state index in [1.54, 1.807) is 6.20 Å². The third-order valence-electron chi connectivity index (χ3n) is 2.56. The second kappa shape index (κ2) is 4.47. The average Bonchev–Trinajstić information content (AvgIpc) is 2.87. The summed E-state index contributed by atoms with van der Waals surface area (Å²) in [5, 5.41) is 11.4. The summed E-state index contributed by atoms with van der Waals surface area (Å²) < 4.78 is 9.84. The summed E-state index contributed by atoms with van der Waals surface area (Å²) in [7, 11) is 0. The molecule has 2 heterocycles. The highest BCUT2D eigenvalue weighted by molar-refractivity contribution is 5.12. The Morgan fingerprint density at radius 2 is 2.00 bits per heavy atom. The van der Waals surface area contributed by atoms with Crippen molar-refractivity contribution < 1.29 is 9.15 Å². The minimum absolute atomic E-state index is 0.221. The highest BCUT2D eigenvalue weighted by atomic mass is 16.6. The number of hydrogen-bond donors (Lipinski definition) is 0. The lowest BCUT2D eigenvalue weighted by Gasteiger charge is -2.02. The van der Waals surface area contributed by atoms with Gasteiger partial charge in [0.15, 0.2) is 0 Å². The zero-order chi connectivity index (χ0) is 11.5. The van der Waals surface area contributed by atoms with Gasteiger partial charge in [0.25, 0.3) is 0 Å². The molecule has 16 heavy (non-hydrogen) atoms. The predicted molar refractivity (Wildman–Crippen MR) is 57.0 cm³/mol. The second-order valence-corrected chi connectivity index (χ2v) is 4.31. The Hall–Kier alpha value is -1.65. The van der Waals surface area contributed by atoms with Crippen molar-refractivity contribution in [3.63, 3.8) is 0 Å². The van der Waals surface area contributed by atoms with Gasteiger partial charge in [-0.3, -0.25) is 0 Å². The average molecular weight is 221 g/mol. The van der Waals surface area contributed by atoms with E-state index in [0.717, 1.165) is 23.6 Å². The van der Waals surface area contributed by atoms with Gasteiger partial charge >= 0.3 is 0 Å². The first-order valence-electron chi connectivity index (χ1n) is 5.39. The van der Waals surface area contributed by atoms with Crippen molar-refractivity contribution in [2.75, 3.05) is 0 Å². The third-order valence-corrected chi connectivity index (χ3v) is 2.56. The molecule has 2 rings (SSSR count). The molecule has 0 fully saturated rings. The molecule has 2 aromatic rings. The van der Waals surface area contributed by atoms with Crippen LogP contribution in [0, 0.1) is 0 Å². The Kier molecular flexibility index (Phi) is 3.03. The fourth-order valence-electron chi connectivity index (χ4n) is 1.49. The van der Waals surface area contributed by atoms with Crippen molar-refractivity contribution in [1.82, 2.24) is 15.5 Å². The standard InChI is InChI=1S/C11H15N3O2/c1-7(2)10-5-9(15-13-10)4-8(3)11-6-12-16-14-11/h5-8H,4H2,1-3H3. The smallest absolute Gasteiger partial charge is 0.137 e. The number of hydrogen-bond acceptors (Lipinski definition) is 5. The Labute approximate surface area is 93.8 Å². The minimum Gasteiger partial charge on any atom is -0.361 e. The zero-order valence-electron chi connectivity index (χ0n) is 9.67. The molecule has 5 heteroatoms. The fraction of sp³-hybridized carbons (Fsp3) is 0.545. The maximum Gasteiger partial charge on any atom is 0.137 e. The fourth-order valence-corrected chi connectivity index (χ4v) is 1.49. The van der Waals surface area contributed by atoms with Crippen LogP contribution in [0.4, 0.5) is 0 Å². The molecule has 0 saturated carbocycles. The van der Waals surface area contributed by atoms with Crippen LogP contribution in [-0.2, 0) is 6.42 Å². The van der Waals surface area contributed by atoms with Crippen LogP contribution in [0.15, 0.2) is 21.4 Å². The minimum atomic E-state index is 0.221. The van der Waals surface area contributed by atoms with Crippen LogP contribution in [0.5, 0.6) is 0 Å². The summed E-state index contributed by atoms with van der Waals surface area (Å²) in [5.74, 6) is 1.49. The summed E-state index contributed by atoms with van der Waals surface area (Å²) in [6, 6.07) is 1.99. The van der Waals surface area contributed by atoms with Gasteiger partial charge in [-0.05, 0) is 5.92 Å². The molecular weight excluding hydrogens is 206 g/mol. The van der Waals surface area contributed by atoms with Crippen LogP contribution >= 0.6 is 0 Å². The Morgan fingerprint density at radius 3 is 2.56 bits per heavy atom. The van der Waals surface area contributed by atoms with Crippen molar-refractivity contribution in [2.45, 2.75) is 39.0 Å². The molecule has 0 amide bonds. The lowest BCUT2D eigenvalue weighted by Crippen LogP contribution is -1.97. The van der Waals surface area contributed by atoms with E-state index in [0.29, 0.717) is 5.92 Å². The quantitative estimate of drug-likeness (QED) is 0.793. The molecule has 1 unspecified atom stereocenters. The van der Waals surface area contributed by atoms with E-state index >= 15 is 0 Å². The topological polar surface area (TPSA) is 65.0 Å². The summed E-state index contributed by atoms with van der Waals surface area (Å²) in [6.45, 7) is 6.23. The first-order chi connectivity index (χ1) is 7.66. The molecule has 86 valence electrons. The highest BCUT2D eigenvalue weighted by Gasteiger charge is 2.14. The van der Waals surface area contributed by atoms with Gasteiger partial charge in [-0.25, -0.2) is 4.63 Å². The number of nitrogens with zero attached hydrogens (tertiary/aromatic N) is 3. The lowest BCUT2D eigenvalue weighted by molar-refractivity contribution is 0.300. The van der Waals surface area contributed by atoms with E-state index in [2.05, 4.69) is 40.9 Å². The van der Waals surface area contributed by atoms with Gasteiger partial charge in [-0.1, -0.05) is 36.2 Å². The van der Waals surface area contributed by atoms with Gasteiger partial charge in [-0.15, -0.1) is 0 Å². The summed E-state index contributed by atoms with van der Waals surface area (Å²) in [5.41, 5.74) is 1.82. The molecule has 0 radical (unpaired) electrons. The van der Waals surface area contributed by atoms with E-state index in [1.807, 2.05) is 6.07 Å². The Bertz CT molecular complexity index is 434. The van der Waals surface area contributed by atoms with E-state index in [1.165, 1.54) is 0 Å². The van der Waals surface area contributed by atoms with Crippen molar-refractivity contribution in [3.05, 3.63) is 29.4 Å². The first-order valence-corrected chi connectivity index (χ1v) is 5.39. The monoisotopic (exact) mass is 221 g/mol. The van der Waals surface area contributed by atoms with Crippen molar-refractivity contribution in [2.24, 2.45) is 0 Å². The van der Waals surface area contributed by atoms with E-state index in [9.17, 15) is 0 Å².